The van der Waals surface area contributed by atoms with Crippen LogP contribution >= 0.6 is 0 Å². The second-order valence-corrected chi connectivity index (χ2v) is 9.29. The lowest BCUT2D eigenvalue weighted by Crippen LogP contribution is -2.44. The molecular formula is C28H28F3N3O3. The highest BCUT2D eigenvalue weighted by molar-refractivity contribution is 5.80. The van der Waals surface area contributed by atoms with Crippen molar-refractivity contribution in [1.82, 2.24) is 9.88 Å². The molecule has 1 saturated heterocycles. The minimum atomic E-state index is -1.30. The Morgan fingerprint density at radius 3 is 2.84 bits per heavy atom. The molecule has 1 unspecified atom stereocenters. The number of likely N-dealkylation sites (tertiary alicyclic amines) is 1. The first kappa shape index (κ1) is 26.5. The van der Waals surface area contributed by atoms with Crippen molar-refractivity contribution in [3.8, 4) is 17.6 Å². The number of hydrogen-bond donors (Lipinski definition) is 2. The van der Waals surface area contributed by atoms with Crippen LogP contribution in [-0.4, -0.2) is 47.7 Å². The lowest BCUT2D eigenvalue weighted by Gasteiger charge is -2.36. The lowest BCUT2D eigenvalue weighted by molar-refractivity contribution is -0.146. The average Bonchev–Trinajstić information content (AvgIpc) is 2.89. The normalized spacial score (nSPS) is 18.7. The predicted molar refractivity (Wildman–Crippen MR) is 133 cm³/mol. The van der Waals surface area contributed by atoms with Crippen molar-refractivity contribution in [2.75, 3.05) is 26.7 Å². The summed E-state index contributed by atoms with van der Waals surface area (Å²) >= 11 is 0. The van der Waals surface area contributed by atoms with Gasteiger partial charge in [0.15, 0.2) is 11.6 Å². The van der Waals surface area contributed by atoms with Gasteiger partial charge in [-0.05, 0) is 67.6 Å². The smallest absolute Gasteiger partial charge is 0.308 e. The van der Waals surface area contributed by atoms with Crippen molar-refractivity contribution < 1.29 is 27.8 Å². The number of carbonyl (C=O) groups is 1. The van der Waals surface area contributed by atoms with E-state index in [4.69, 9.17) is 10.5 Å². The fourth-order valence-corrected chi connectivity index (χ4v) is 4.75. The van der Waals surface area contributed by atoms with Crippen LogP contribution in [0.4, 0.5) is 13.2 Å². The van der Waals surface area contributed by atoms with Crippen LogP contribution in [-0.2, 0) is 4.79 Å². The van der Waals surface area contributed by atoms with Gasteiger partial charge in [0.05, 0.1) is 30.7 Å². The van der Waals surface area contributed by atoms with Gasteiger partial charge >= 0.3 is 5.97 Å². The molecule has 3 N–H and O–H groups in total. The number of ether oxygens (including phenoxy) is 1. The molecule has 2 aromatic carbocycles. The highest BCUT2D eigenvalue weighted by Crippen LogP contribution is 2.31. The van der Waals surface area contributed by atoms with Crippen molar-refractivity contribution in [3.63, 3.8) is 0 Å². The van der Waals surface area contributed by atoms with Crippen LogP contribution in [0.5, 0.6) is 5.75 Å². The maximum absolute atomic E-state index is 13.8. The maximum atomic E-state index is 13.8. The fraction of sp³-hybridized carbons (Fsp3) is 0.357. The number of fused-ring (bicyclic) bond motifs is 1. The first-order chi connectivity index (χ1) is 17.7. The summed E-state index contributed by atoms with van der Waals surface area (Å²) in [5, 5.41) is 10.8. The highest BCUT2D eigenvalue weighted by Gasteiger charge is 2.34. The van der Waals surface area contributed by atoms with E-state index in [1.54, 1.807) is 13.3 Å². The standard InChI is InChI=1S/C28H28F3N3O3/c1-37-22-5-7-26-19(13-22)11-20(15-33-26)25(32)6-4-17-8-10-34(16-23(17)28(35)36)9-2-3-18-12-21(29)14-24(30)27(18)31/h5,7,11-15,17,23,25H,4,6,8-10,16,32H2,1H3,(H,35,36)/t17-,23+,25?/m1/s1. The highest BCUT2D eigenvalue weighted by atomic mass is 19.2. The molecule has 0 amide bonds. The number of aromatic nitrogens is 1. The van der Waals surface area contributed by atoms with E-state index in [0.717, 1.165) is 28.3 Å². The first-order valence-corrected chi connectivity index (χ1v) is 12.0. The summed E-state index contributed by atoms with van der Waals surface area (Å²) in [5.41, 5.74) is 7.80. The van der Waals surface area contributed by atoms with Crippen LogP contribution in [0.25, 0.3) is 10.9 Å². The summed E-state index contributed by atoms with van der Waals surface area (Å²) in [6, 6.07) is 8.62. The van der Waals surface area contributed by atoms with Crippen molar-refractivity contribution in [3.05, 3.63) is 71.2 Å². The second kappa shape index (κ2) is 11.6. The van der Waals surface area contributed by atoms with Gasteiger partial charge in [-0.3, -0.25) is 14.7 Å². The molecule has 194 valence electrons. The number of benzene rings is 2. The monoisotopic (exact) mass is 511 g/mol. The quantitative estimate of drug-likeness (QED) is 0.358. The molecule has 1 fully saturated rings. The van der Waals surface area contributed by atoms with Gasteiger partial charge in [0.25, 0.3) is 0 Å². The molecule has 0 bridgehead atoms. The van der Waals surface area contributed by atoms with E-state index in [1.165, 1.54) is 0 Å². The Kier molecular flexibility index (Phi) is 8.31. The molecule has 1 aromatic heterocycles. The number of carboxylic acids is 1. The third kappa shape index (κ3) is 6.40. The van der Waals surface area contributed by atoms with Gasteiger partial charge in [0.1, 0.15) is 11.6 Å². The predicted octanol–water partition coefficient (Wildman–Crippen LogP) is 4.52. The number of hydrogen-bond acceptors (Lipinski definition) is 5. The molecule has 37 heavy (non-hydrogen) atoms. The topological polar surface area (TPSA) is 88.7 Å². The number of carboxylic acid groups (broad SMARTS) is 1. The van der Waals surface area contributed by atoms with Gasteiger partial charge in [-0.25, -0.2) is 13.2 Å². The van der Waals surface area contributed by atoms with E-state index in [9.17, 15) is 23.1 Å². The van der Waals surface area contributed by atoms with E-state index >= 15 is 0 Å². The van der Waals surface area contributed by atoms with Crippen LogP contribution in [0.2, 0.25) is 0 Å². The van der Waals surface area contributed by atoms with E-state index in [1.807, 2.05) is 29.2 Å². The molecule has 9 heteroatoms. The van der Waals surface area contributed by atoms with Crippen molar-refractivity contribution in [2.24, 2.45) is 17.6 Å². The average molecular weight is 512 g/mol. The van der Waals surface area contributed by atoms with Gasteiger partial charge in [0, 0.05) is 30.2 Å². The number of pyridine rings is 1. The zero-order valence-corrected chi connectivity index (χ0v) is 20.4. The molecule has 0 radical (unpaired) electrons. The molecule has 3 atom stereocenters. The molecule has 0 saturated carbocycles. The Hall–Kier alpha value is -3.61. The summed E-state index contributed by atoms with van der Waals surface area (Å²) in [6.45, 7) is 1.05. The van der Waals surface area contributed by atoms with Crippen molar-refractivity contribution in [1.29, 1.82) is 0 Å². The maximum Gasteiger partial charge on any atom is 0.308 e. The SMILES string of the molecule is COc1ccc2ncc(C(N)CC[C@@H]3CCN(CC#Cc4cc(F)cc(F)c4F)C[C@@H]3C(=O)O)cc2c1. The Balaban J connectivity index is 1.36. The van der Waals surface area contributed by atoms with E-state index in [-0.39, 0.29) is 30.6 Å². The fourth-order valence-electron chi connectivity index (χ4n) is 4.75. The van der Waals surface area contributed by atoms with Crippen LogP contribution in [0, 0.1) is 41.1 Å². The third-order valence-electron chi connectivity index (χ3n) is 6.86. The molecular weight excluding hydrogens is 483 g/mol. The molecule has 1 aliphatic heterocycles. The van der Waals surface area contributed by atoms with Crippen LogP contribution in [0.15, 0.2) is 42.6 Å². The minimum absolute atomic E-state index is 0.0592. The number of nitrogens with zero attached hydrogens (tertiary/aromatic N) is 2. The molecule has 3 aromatic rings. The number of aliphatic carboxylic acids is 1. The summed E-state index contributed by atoms with van der Waals surface area (Å²) in [4.78, 5) is 18.3. The molecule has 6 nitrogen and oxygen atoms in total. The van der Waals surface area contributed by atoms with Gasteiger partial charge in [0.2, 0.25) is 0 Å². The van der Waals surface area contributed by atoms with Crippen LogP contribution in [0.1, 0.15) is 36.4 Å². The summed E-state index contributed by atoms with van der Waals surface area (Å²) < 4.78 is 45.8. The molecule has 0 aliphatic carbocycles. The van der Waals surface area contributed by atoms with Crippen molar-refractivity contribution in [2.45, 2.75) is 25.3 Å². The zero-order chi connectivity index (χ0) is 26.5. The number of piperidine rings is 1. The van der Waals surface area contributed by atoms with E-state index in [2.05, 4.69) is 16.8 Å². The summed E-state index contributed by atoms with van der Waals surface area (Å²) in [6.07, 6.45) is 3.64. The van der Waals surface area contributed by atoms with Crippen molar-refractivity contribution >= 4 is 16.9 Å². The van der Waals surface area contributed by atoms with Gasteiger partial charge in [-0.1, -0.05) is 11.8 Å². The third-order valence-corrected chi connectivity index (χ3v) is 6.86. The number of methoxy groups -OCH3 is 1. The first-order valence-electron chi connectivity index (χ1n) is 12.0. The number of rotatable bonds is 7. The van der Waals surface area contributed by atoms with E-state index in [0.29, 0.717) is 31.9 Å². The van der Waals surface area contributed by atoms with E-state index < -0.39 is 29.3 Å². The molecule has 4 rings (SSSR count). The molecule has 2 heterocycles. The van der Waals surface area contributed by atoms with Crippen LogP contribution < -0.4 is 10.5 Å². The molecule has 0 spiro atoms. The lowest BCUT2D eigenvalue weighted by atomic mass is 9.81. The molecule has 1 aliphatic rings. The van der Waals surface area contributed by atoms with Gasteiger partial charge in [-0.15, -0.1) is 0 Å². The zero-order valence-electron chi connectivity index (χ0n) is 20.4. The van der Waals surface area contributed by atoms with Crippen LogP contribution in [0.3, 0.4) is 0 Å². The number of halogens is 3. The Labute approximate surface area is 213 Å². The Morgan fingerprint density at radius 2 is 2.08 bits per heavy atom. The van der Waals surface area contributed by atoms with Gasteiger partial charge < -0.3 is 15.6 Å². The Bertz CT molecular complexity index is 1350. The minimum Gasteiger partial charge on any atom is -0.497 e. The Morgan fingerprint density at radius 1 is 1.27 bits per heavy atom. The second-order valence-electron chi connectivity index (χ2n) is 9.29. The number of nitrogens with two attached hydrogens (primary N) is 1. The largest absolute Gasteiger partial charge is 0.497 e. The van der Waals surface area contributed by atoms with Gasteiger partial charge in [-0.2, -0.15) is 0 Å². The summed E-state index contributed by atoms with van der Waals surface area (Å²) in [7, 11) is 1.60. The summed E-state index contributed by atoms with van der Waals surface area (Å²) in [5.74, 6) is 0.922.